The van der Waals surface area contributed by atoms with Gasteiger partial charge in [0.05, 0.1) is 0 Å². The van der Waals surface area contributed by atoms with Crippen LogP contribution < -0.4 is 10.2 Å². The van der Waals surface area contributed by atoms with Crippen molar-refractivity contribution in [3.05, 3.63) is 64.5 Å². The van der Waals surface area contributed by atoms with Crippen molar-refractivity contribution in [2.24, 2.45) is 0 Å². The zero-order valence-electron chi connectivity index (χ0n) is 17.5. The average Bonchev–Trinajstić information content (AvgIpc) is 2.66. The Morgan fingerprint density at radius 2 is 1.97 bits per heavy atom. The van der Waals surface area contributed by atoms with Crippen molar-refractivity contribution >= 4 is 23.4 Å². The minimum Gasteiger partial charge on any atom is -0.369 e. The maximum absolute atomic E-state index is 13.0. The van der Waals surface area contributed by atoms with E-state index in [-0.39, 0.29) is 16.9 Å². The summed E-state index contributed by atoms with van der Waals surface area (Å²) in [6.45, 7) is 8.67. The second-order valence-corrected chi connectivity index (χ2v) is 8.38. The Morgan fingerprint density at radius 1 is 1.31 bits per heavy atom. The zero-order valence-corrected chi connectivity index (χ0v) is 17.5. The minimum absolute atomic E-state index is 0.00882. The second kappa shape index (κ2) is 7.71. The lowest BCUT2D eigenvalue weighted by Crippen LogP contribution is -2.45. The number of carbonyl (C=O) groups excluding carboxylic acids is 1. The van der Waals surface area contributed by atoms with Crippen LogP contribution in [0.15, 0.2) is 42.0 Å². The molecule has 4 nitrogen and oxygen atoms in total. The summed E-state index contributed by atoms with van der Waals surface area (Å²) in [7, 11) is 2.11. The van der Waals surface area contributed by atoms with Gasteiger partial charge >= 0.3 is 0 Å². The summed E-state index contributed by atoms with van der Waals surface area (Å²) in [6, 6.07) is 11.7. The highest BCUT2D eigenvalue weighted by molar-refractivity contribution is 6.09. The molecule has 5 heteroatoms. The van der Waals surface area contributed by atoms with Gasteiger partial charge in [-0.15, -0.1) is 0 Å². The van der Waals surface area contributed by atoms with Gasteiger partial charge in [-0.2, -0.15) is 5.26 Å². The molecule has 0 radical (unpaired) electrons. The third kappa shape index (κ3) is 4.17. The number of nitrogens with one attached hydrogen (secondary N) is 1. The van der Waals surface area contributed by atoms with Gasteiger partial charge in [0.1, 0.15) is 17.5 Å². The highest BCUT2D eigenvalue weighted by Gasteiger charge is 2.34. The van der Waals surface area contributed by atoms with Crippen LogP contribution in [-0.2, 0) is 4.79 Å². The molecule has 1 aliphatic heterocycles. The van der Waals surface area contributed by atoms with Crippen molar-refractivity contribution in [2.45, 2.75) is 45.6 Å². The molecule has 2 aromatic carbocycles. The van der Waals surface area contributed by atoms with Gasteiger partial charge in [0.25, 0.3) is 5.91 Å². The molecule has 0 bridgehead atoms. The Balaban J connectivity index is 1.94. The van der Waals surface area contributed by atoms with Crippen LogP contribution in [0.3, 0.4) is 0 Å². The molecule has 29 heavy (non-hydrogen) atoms. The number of anilines is 2. The zero-order chi connectivity index (χ0) is 21.3. The van der Waals surface area contributed by atoms with Gasteiger partial charge in [-0.05, 0) is 92.3 Å². The summed E-state index contributed by atoms with van der Waals surface area (Å²) in [5.74, 6) is -0.518. The molecule has 1 N–H and O–H groups in total. The number of carbonyl (C=O) groups is 1. The highest BCUT2D eigenvalue weighted by atomic mass is 19.1. The van der Waals surface area contributed by atoms with E-state index in [2.05, 4.69) is 50.2 Å². The predicted octanol–water partition coefficient (Wildman–Crippen LogP) is 5.40. The molecule has 1 heterocycles. The third-order valence-corrected chi connectivity index (χ3v) is 5.79. The monoisotopic (exact) mass is 391 g/mol. The first-order valence-electron chi connectivity index (χ1n) is 9.69. The van der Waals surface area contributed by atoms with Gasteiger partial charge in [-0.3, -0.25) is 4.79 Å². The summed E-state index contributed by atoms with van der Waals surface area (Å²) >= 11 is 0. The molecule has 0 aromatic heterocycles. The molecule has 2 aromatic rings. The van der Waals surface area contributed by atoms with Gasteiger partial charge in [0.15, 0.2) is 0 Å². The van der Waals surface area contributed by atoms with Crippen molar-refractivity contribution < 1.29 is 9.18 Å². The largest absolute Gasteiger partial charge is 0.369 e. The number of halogens is 1. The number of nitriles is 1. The molecule has 0 spiro atoms. The van der Waals surface area contributed by atoms with Crippen LogP contribution in [0, 0.1) is 24.1 Å². The number of benzene rings is 2. The standard InChI is InChI=1S/C24H26FN3O/c1-15-10-22-21(16(2)13-24(3,4)28(22)5)12-17(15)11-18(14-26)23(29)27-20-8-6-19(25)7-9-20/h6-12,16H,13H2,1-5H3,(H,27,29)/b18-11-/t16-/m1/s1. The van der Waals surface area contributed by atoms with E-state index in [0.717, 1.165) is 17.5 Å². The maximum atomic E-state index is 13.0. The number of hydrogen-bond acceptors (Lipinski definition) is 3. The van der Waals surface area contributed by atoms with Crippen molar-refractivity contribution in [3.8, 4) is 6.07 Å². The molecular formula is C24H26FN3O. The number of fused-ring (bicyclic) bond motifs is 1. The third-order valence-electron chi connectivity index (χ3n) is 5.79. The van der Waals surface area contributed by atoms with Crippen molar-refractivity contribution in [1.29, 1.82) is 5.26 Å². The molecule has 0 unspecified atom stereocenters. The Bertz CT molecular complexity index is 1020. The van der Waals surface area contributed by atoms with E-state index in [4.69, 9.17) is 0 Å². The smallest absolute Gasteiger partial charge is 0.266 e. The summed E-state index contributed by atoms with van der Waals surface area (Å²) in [5.41, 5.74) is 4.80. The summed E-state index contributed by atoms with van der Waals surface area (Å²) in [5, 5.41) is 12.2. The average molecular weight is 391 g/mol. The number of hydrogen-bond donors (Lipinski definition) is 1. The van der Waals surface area contributed by atoms with Crippen LogP contribution >= 0.6 is 0 Å². The number of aryl methyl sites for hydroxylation is 1. The quantitative estimate of drug-likeness (QED) is 0.563. The molecule has 1 atom stereocenters. The summed E-state index contributed by atoms with van der Waals surface area (Å²) < 4.78 is 13.0. The number of nitrogens with zero attached hydrogens (tertiary/aromatic N) is 2. The van der Waals surface area contributed by atoms with E-state index in [1.54, 1.807) is 6.08 Å². The fourth-order valence-electron chi connectivity index (χ4n) is 3.93. The maximum Gasteiger partial charge on any atom is 0.266 e. The molecule has 0 aliphatic carbocycles. The van der Waals surface area contributed by atoms with Gasteiger partial charge in [0, 0.05) is 24.0 Å². The van der Waals surface area contributed by atoms with E-state index < -0.39 is 5.91 Å². The lowest BCUT2D eigenvalue weighted by molar-refractivity contribution is -0.112. The normalized spacial score (nSPS) is 18.0. The number of amides is 1. The molecule has 1 amide bonds. The van der Waals surface area contributed by atoms with E-state index >= 15 is 0 Å². The first-order chi connectivity index (χ1) is 13.6. The van der Waals surface area contributed by atoms with Crippen LogP contribution in [0.1, 0.15) is 49.8 Å². The molecule has 150 valence electrons. The molecule has 3 rings (SSSR count). The molecule has 1 aliphatic rings. The molecule has 0 saturated heterocycles. The lowest BCUT2D eigenvalue weighted by Gasteiger charge is -2.45. The minimum atomic E-state index is -0.512. The lowest BCUT2D eigenvalue weighted by atomic mass is 9.79. The summed E-state index contributed by atoms with van der Waals surface area (Å²) in [6.07, 6.45) is 2.65. The van der Waals surface area contributed by atoms with E-state index in [1.807, 2.05) is 13.0 Å². The van der Waals surface area contributed by atoms with E-state index in [0.29, 0.717) is 11.6 Å². The molecule has 0 fully saturated rings. The van der Waals surface area contributed by atoms with E-state index in [9.17, 15) is 14.4 Å². The second-order valence-electron chi connectivity index (χ2n) is 8.38. The molecular weight excluding hydrogens is 365 g/mol. The van der Waals surface area contributed by atoms with Crippen molar-refractivity contribution in [1.82, 2.24) is 0 Å². The first-order valence-corrected chi connectivity index (χ1v) is 9.69. The van der Waals surface area contributed by atoms with Gasteiger partial charge < -0.3 is 10.2 Å². The van der Waals surface area contributed by atoms with Crippen LogP contribution in [-0.4, -0.2) is 18.5 Å². The fourth-order valence-corrected chi connectivity index (χ4v) is 3.93. The first kappa shape index (κ1) is 20.6. The number of rotatable bonds is 3. The Hall–Kier alpha value is -3.13. The van der Waals surface area contributed by atoms with Crippen molar-refractivity contribution in [3.63, 3.8) is 0 Å². The van der Waals surface area contributed by atoms with E-state index in [1.165, 1.54) is 35.5 Å². The Kier molecular flexibility index (Phi) is 5.48. The van der Waals surface area contributed by atoms with Crippen LogP contribution in [0.25, 0.3) is 6.08 Å². The molecule has 0 saturated carbocycles. The topological polar surface area (TPSA) is 56.1 Å². The van der Waals surface area contributed by atoms with Crippen LogP contribution in [0.4, 0.5) is 15.8 Å². The van der Waals surface area contributed by atoms with Gasteiger partial charge in [0.2, 0.25) is 0 Å². The van der Waals surface area contributed by atoms with Gasteiger partial charge in [-0.1, -0.05) is 6.92 Å². The summed E-state index contributed by atoms with van der Waals surface area (Å²) in [4.78, 5) is 14.8. The SMILES string of the molecule is Cc1cc2c(cc1/C=C(/C#N)C(=O)Nc1ccc(F)cc1)[C@H](C)CC(C)(C)N2C. The predicted molar refractivity (Wildman–Crippen MR) is 115 cm³/mol. The Morgan fingerprint density at radius 3 is 2.59 bits per heavy atom. The van der Waals surface area contributed by atoms with Crippen LogP contribution in [0.5, 0.6) is 0 Å². The van der Waals surface area contributed by atoms with Gasteiger partial charge in [-0.25, -0.2) is 4.39 Å². The highest BCUT2D eigenvalue weighted by Crippen LogP contribution is 2.43. The van der Waals surface area contributed by atoms with Crippen molar-refractivity contribution in [2.75, 3.05) is 17.3 Å². The Labute approximate surface area is 171 Å². The fraction of sp³-hybridized carbons (Fsp3) is 0.333. The van der Waals surface area contributed by atoms with Crippen LogP contribution in [0.2, 0.25) is 0 Å².